The summed E-state index contributed by atoms with van der Waals surface area (Å²) in [5.41, 5.74) is 0.0628. The number of sulfone groups is 1. The Morgan fingerprint density at radius 3 is 2.72 bits per heavy atom. The van der Waals surface area contributed by atoms with Crippen LogP contribution in [0.1, 0.15) is 47.7 Å². The molecule has 3 aromatic rings. The highest BCUT2D eigenvalue weighted by molar-refractivity contribution is 7.91. The third-order valence-electron chi connectivity index (χ3n) is 8.53. The summed E-state index contributed by atoms with van der Waals surface area (Å²) in [6.45, 7) is 2.94. The molecule has 43 heavy (non-hydrogen) atoms. The first kappa shape index (κ1) is 28.9. The van der Waals surface area contributed by atoms with Gasteiger partial charge in [0.1, 0.15) is 11.4 Å². The van der Waals surface area contributed by atoms with Gasteiger partial charge < -0.3 is 20.1 Å². The Kier molecular flexibility index (Phi) is 7.36. The number of piperazine rings is 1. The van der Waals surface area contributed by atoms with Crippen molar-refractivity contribution in [1.29, 1.82) is 0 Å². The van der Waals surface area contributed by atoms with Crippen molar-refractivity contribution in [3.05, 3.63) is 40.5 Å². The van der Waals surface area contributed by atoms with Gasteiger partial charge in [-0.3, -0.25) is 4.90 Å². The molecule has 7 rings (SSSR count). The molecule has 4 aliphatic rings. The maximum Gasteiger partial charge on any atom is 0.420 e. The number of rotatable bonds is 8. The summed E-state index contributed by atoms with van der Waals surface area (Å²) in [4.78, 5) is 18.5. The van der Waals surface area contributed by atoms with Gasteiger partial charge in [0.25, 0.3) is 0 Å². The molecule has 2 saturated heterocycles. The third-order valence-corrected chi connectivity index (χ3v) is 11.5. The van der Waals surface area contributed by atoms with Crippen LogP contribution >= 0.6 is 11.3 Å². The van der Waals surface area contributed by atoms with Gasteiger partial charge in [0, 0.05) is 55.3 Å². The molecular weight excluding hydrogens is 605 g/mol. The van der Waals surface area contributed by atoms with Gasteiger partial charge in [0.05, 0.1) is 45.8 Å². The standard InChI is InChI=1S/C28H31F3N6O4S2/c29-28(30,31)19-12-32-27(35-26(19)21-11-23-22(42-21)15-41-8-9-43(23,39)40)33-20-4-5-24(34-25(20)16-2-3-16)37-14-17-10-18(37)13-36(17)6-1-7-38/h4-5,11-12,16-18,38H,1-3,6-10,13-15H2,(H,32,33,35)/t17-,18-/m1/s1. The van der Waals surface area contributed by atoms with Crippen molar-refractivity contribution in [2.45, 2.75) is 61.4 Å². The Balaban J connectivity index is 1.18. The summed E-state index contributed by atoms with van der Waals surface area (Å²) in [5.74, 6) is 0.878. The molecule has 3 fully saturated rings. The first-order valence-corrected chi connectivity index (χ1v) is 16.8. The minimum absolute atomic E-state index is 0.00538. The summed E-state index contributed by atoms with van der Waals surface area (Å²) in [5, 5.41) is 12.3. The molecule has 0 spiro atoms. The van der Waals surface area contributed by atoms with Crippen molar-refractivity contribution >= 4 is 38.6 Å². The quantitative estimate of drug-likeness (QED) is 0.373. The smallest absolute Gasteiger partial charge is 0.396 e. The Morgan fingerprint density at radius 1 is 1.16 bits per heavy atom. The lowest BCUT2D eigenvalue weighted by molar-refractivity contribution is -0.137. The highest BCUT2D eigenvalue weighted by atomic mass is 32.2. The van der Waals surface area contributed by atoms with E-state index in [0.717, 1.165) is 74.4 Å². The number of anilines is 3. The second-order valence-corrected chi connectivity index (χ2v) is 14.7. The van der Waals surface area contributed by atoms with Gasteiger partial charge >= 0.3 is 6.18 Å². The van der Waals surface area contributed by atoms with Crippen LogP contribution < -0.4 is 10.2 Å². The van der Waals surface area contributed by atoms with E-state index < -0.39 is 21.6 Å². The van der Waals surface area contributed by atoms with Gasteiger partial charge in [-0.15, -0.1) is 11.3 Å². The zero-order valence-corrected chi connectivity index (χ0v) is 24.8. The van der Waals surface area contributed by atoms with Crippen LogP contribution in [0.15, 0.2) is 29.3 Å². The van der Waals surface area contributed by atoms with Crippen molar-refractivity contribution in [1.82, 2.24) is 19.9 Å². The maximum absolute atomic E-state index is 14.0. The van der Waals surface area contributed by atoms with E-state index in [-0.39, 0.29) is 52.9 Å². The SMILES string of the molecule is O=S1(=O)CCOCc2sc(-c3nc(Nc4ccc(N5C[C@H]6C[C@@H]5CN6CCCO)nc4C4CC4)ncc3C(F)(F)F)cc21. The molecule has 1 saturated carbocycles. The number of thiophene rings is 1. The van der Waals surface area contributed by atoms with Gasteiger partial charge in [-0.05, 0) is 43.9 Å². The van der Waals surface area contributed by atoms with Crippen LogP contribution in [0, 0.1) is 0 Å². The average Bonchev–Trinajstić information content (AvgIpc) is 3.45. The van der Waals surface area contributed by atoms with Crippen molar-refractivity contribution in [2.75, 3.05) is 48.8 Å². The number of halogens is 3. The molecule has 0 aromatic carbocycles. The zero-order chi connectivity index (χ0) is 29.9. The number of nitrogens with zero attached hydrogens (tertiary/aromatic N) is 5. The normalized spacial score (nSPS) is 23.4. The number of ether oxygens (including phenoxy) is 1. The highest BCUT2D eigenvalue weighted by Crippen LogP contribution is 2.45. The number of nitrogens with one attached hydrogen (secondary N) is 1. The van der Waals surface area contributed by atoms with Gasteiger partial charge in [-0.1, -0.05) is 0 Å². The van der Waals surface area contributed by atoms with Crippen LogP contribution in [0.25, 0.3) is 10.6 Å². The summed E-state index contributed by atoms with van der Waals surface area (Å²) in [7, 11) is -3.68. The molecule has 0 amide bonds. The number of pyridine rings is 1. The number of aliphatic hydroxyl groups excluding tert-OH is 1. The molecule has 230 valence electrons. The lowest BCUT2D eigenvalue weighted by Crippen LogP contribution is -2.47. The predicted octanol–water partition coefficient (Wildman–Crippen LogP) is 4.19. The Morgan fingerprint density at radius 2 is 2.00 bits per heavy atom. The van der Waals surface area contributed by atoms with E-state index >= 15 is 0 Å². The number of aliphatic hydroxyl groups is 1. The fourth-order valence-electron chi connectivity index (χ4n) is 6.27. The summed E-state index contributed by atoms with van der Waals surface area (Å²) in [6.07, 6.45) is -0.221. The van der Waals surface area contributed by atoms with Crippen LogP contribution in [0.4, 0.5) is 30.6 Å². The Labute approximate surface area is 250 Å². The van der Waals surface area contributed by atoms with Crippen molar-refractivity contribution in [3.63, 3.8) is 0 Å². The highest BCUT2D eigenvalue weighted by Gasteiger charge is 2.44. The second kappa shape index (κ2) is 10.9. The molecule has 2 N–H and O–H groups in total. The molecule has 2 bridgehead atoms. The van der Waals surface area contributed by atoms with Crippen LogP contribution in [0.2, 0.25) is 0 Å². The number of alkyl halides is 3. The van der Waals surface area contributed by atoms with Crippen molar-refractivity contribution in [2.24, 2.45) is 0 Å². The summed E-state index contributed by atoms with van der Waals surface area (Å²) < 4.78 is 72.9. The number of likely N-dealkylation sites (tertiary alicyclic amines) is 1. The van der Waals surface area contributed by atoms with Crippen LogP contribution in [0.5, 0.6) is 0 Å². The van der Waals surface area contributed by atoms with Crippen molar-refractivity contribution in [3.8, 4) is 10.6 Å². The van der Waals surface area contributed by atoms with E-state index in [1.807, 2.05) is 12.1 Å². The fraction of sp³-hybridized carbons (Fsp3) is 0.536. The molecule has 1 aliphatic carbocycles. The monoisotopic (exact) mass is 636 g/mol. The summed E-state index contributed by atoms with van der Waals surface area (Å²) in [6, 6.07) is 5.89. The molecule has 10 nitrogen and oxygen atoms in total. The largest absolute Gasteiger partial charge is 0.420 e. The molecule has 0 radical (unpaired) electrons. The van der Waals surface area contributed by atoms with E-state index in [2.05, 4.69) is 25.1 Å². The maximum atomic E-state index is 14.0. The Bertz CT molecular complexity index is 1650. The fourth-order valence-corrected chi connectivity index (χ4v) is 9.11. The lowest BCUT2D eigenvalue weighted by Gasteiger charge is -2.35. The molecule has 15 heteroatoms. The zero-order valence-electron chi connectivity index (χ0n) is 23.2. The van der Waals surface area contributed by atoms with Crippen LogP contribution in [-0.2, 0) is 27.4 Å². The van der Waals surface area contributed by atoms with E-state index in [9.17, 15) is 26.7 Å². The van der Waals surface area contributed by atoms with Gasteiger partial charge in [-0.2, -0.15) is 13.2 Å². The molecule has 6 heterocycles. The van der Waals surface area contributed by atoms with Crippen molar-refractivity contribution < 1.29 is 31.4 Å². The minimum Gasteiger partial charge on any atom is -0.396 e. The van der Waals surface area contributed by atoms with E-state index in [1.165, 1.54) is 6.07 Å². The molecule has 2 atom stereocenters. The molecular formula is C28H31F3N6O4S2. The van der Waals surface area contributed by atoms with Gasteiger partial charge in [0.15, 0.2) is 9.84 Å². The Hall–Kier alpha value is -2.85. The minimum atomic E-state index is -4.74. The van der Waals surface area contributed by atoms with E-state index in [0.29, 0.717) is 22.6 Å². The first-order chi connectivity index (χ1) is 20.6. The summed E-state index contributed by atoms with van der Waals surface area (Å²) >= 11 is 0.938. The number of hydrogen-bond acceptors (Lipinski definition) is 11. The number of hydrogen-bond donors (Lipinski definition) is 2. The van der Waals surface area contributed by atoms with Gasteiger partial charge in [0.2, 0.25) is 5.95 Å². The molecule has 3 aliphatic heterocycles. The lowest BCUT2D eigenvalue weighted by atomic mass is 10.2. The average molecular weight is 637 g/mol. The van der Waals surface area contributed by atoms with E-state index in [4.69, 9.17) is 9.72 Å². The van der Waals surface area contributed by atoms with Gasteiger partial charge in [-0.25, -0.2) is 23.4 Å². The third kappa shape index (κ3) is 5.61. The van der Waals surface area contributed by atoms with Crippen LogP contribution in [0.3, 0.4) is 0 Å². The van der Waals surface area contributed by atoms with E-state index in [1.54, 1.807) is 0 Å². The predicted molar refractivity (Wildman–Crippen MR) is 154 cm³/mol. The number of fused-ring (bicyclic) bond motifs is 3. The molecule has 3 aromatic heterocycles. The second-order valence-electron chi connectivity index (χ2n) is 11.5. The topological polar surface area (TPSA) is 121 Å². The molecule has 0 unspecified atom stereocenters. The first-order valence-electron chi connectivity index (χ1n) is 14.4. The van der Waals surface area contributed by atoms with Crippen LogP contribution in [-0.4, -0.2) is 84.1 Å². The number of aromatic nitrogens is 3.